The number of hydrogen-bond donors (Lipinski definition) is 4. The zero-order chi connectivity index (χ0) is 19.9. The summed E-state index contributed by atoms with van der Waals surface area (Å²) in [5.41, 5.74) is 8.59. The van der Waals surface area contributed by atoms with E-state index in [4.69, 9.17) is 5.73 Å². The molecule has 5 N–H and O–H groups in total. The molecule has 2 heterocycles. The number of nitrogens with one attached hydrogen (secondary N) is 3. The van der Waals surface area contributed by atoms with E-state index in [1.54, 1.807) is 24.3 Å². The first kappa shape index (κ1) is 18.2. The van der Waals surface area contributed by atoms with Crippen LogP contribution in [0.5, 0.6) is 5.75 Å². The molecule has 0 radical (unpaired) electrons. The van der Waals surface area contributed by atoms with E-state index < -0.39 is 18.0 Å². The molecule has 0 bridgehead atoms. The van der Waals surface area contributed by atoms with Crippen LogP contribution in [0.15, 0.2) is 42.5 Å². The molecular weight excluding hydrogens is 373 g/mol. The van der Waals surface area contributed by atoms with Crippen molar-refractivity contribution in [2.45, 2.75) is 12.4 Å². The summed E-state index contributed by atoms with van der Waals surface area (Å²) in [6, 6.07) is 10.8. The number of alkyl halides is 3. The molecule has 0 spiro atoms. The molecule has 4 rings (SSSR count). The number of fused-ring (bicyclic) bond motifs is 1. The smallest absolute Gasteiger partial charge is 0.406 e. The molecule has 6 nitrogen and oxygen atoms in total. The van der Waals surface area contributed by atoms with Gasteiger partial charge in [0.2, 0.25) is 0 Å². The second-order valence-corrected chi connectivity index (χ2v) is 6.58. The van der Waals surface area contributed by atoms with Gasteiger partial charge < -0.3 is 26.4 Å². The number of amides is 1. The maximum atomic E-state index is 12.7. The molecule has 0 saturated carbocycles. The number of halogens is 3. The van der Waals surface area contributed by atoms with E-state index in [0.717, 1.165) is 0 Å². The van der Waals surface area contributed by atoms with Crippen LogP contribution in [0.4, 0.5) is 24.5 Å². The maximum absolute atomic E-state index is 12.7. The lowest BCUT2D eigenvalue weighted by Gasteiger charge is -2.31. The van der Waals surface area contributed by atoms with E-state index in [1.807, 2.05) is 0 Å². The van der Waals surface area contributed by atoms with E-state index in [2.05, 4.69) is 20.7 Å². The first-order chi connectivity index (χ1) is 13.3. The van der Waals surface area contributed by atoms with Gasteiger partial charge in [-0.25, -0.2) is 0 Å². The lowest BCUT2D eigenvalue weighted by Crippen LogP contribution is -2.54. The van der Waals surface area contributed by atoms with Crippen molar-refractivity contribution in [2.24, 2.45) is 0 Å². The standard InChI is InChI=1S/C19H17F3N4O2/c20-19(21,22)28-13-4-5-15-14(7-13)16(18(27)26-15)17(25-12-8-24-9-12)10-2-1-3-11(23)6-10/h1-7,12,24-25H,8-9,23H2,(H,26,27)/b17-16-. The van der Waals surface area contributed by atoms with Crippen LogP contribution in [0.2, 0.25) is 0 Å². The van der Waals surface area contributed by atoms with Gasteiger partial charge in [0.1, 0.15) is 5.75 Å². The SMILES string of the molecule is Nc1cccc(/C(NC2CNC2)=C2/C(=O)Nc3ccc(OC(F)(F)F)cc32)c1. The molecule has 0 atom stereocenters. The summed E-state index contributed by atoms with van der Waals surface area (Å²) >= 11 is 0. The molecule has 2 aromatic carbocycles. The highest BCUT2D eigenvalue weighted by Gasteiger charge is 2.34. The van der Waals surface area contributed by atoms with Gasteiger partial charge in [0.15, 0.2) is 0 Å². The Balaban J connectivity index is 1.84. The molecule has 1 saturated heterocycles. The van der Waals surface area contributed by atoms with Crippen molar-refractivity contribution in [1.82, 2.24) is 10.6 Å². The first-order valence-electron chi connectivity index (χ1n) is 8.59. The number of nitrogen functional groups attached to an aromatic ring is 1. The van der Waals surface area contributed by atoms with Gasteiger partial charge >= 0.3 is 6.36 Å². The van der Waals surface area contributed by atoms with Crippen molar-refractivity contribution >= 4 is 28.6 Å². The van der Waals surface area contributed by atoms with Crippen molar-refractivity contribution in [2.75, 3.05) is 24.1 Å². The largest absolute Gasteiger partial charge is 0.573 e. The van der Waals surface area contributed by atoms with E-state index in [9.17, 15) is 18.0 Å². The van der Waals surface area contributed by atoms with Gasteiger partial charge in [0, 0.05) is 35.6 Å². The van der Waals surface area contributed by atoms with Crippen molar-refractivity contribution in [3.63, 3.8) is 0 Å². The topological polar surface area (TPSA) is 88.4 Å². The molecule has 146 valence electrons. The number of ether oxygens (including phenoxy) is 1. The zero-order valence-corrected chi connectivity index (χ0v) is 14.6. The van der Waals surface area contributed by atoms with Crippen LogP contribution in [0.3, 0.4) is 0 Å². The Morgan fingerprint density at radius 3 is 2.61 bits per heavy atom. The Hall–Kier alpha value is -3.20. The number of carbonyl (C=O) groups excluding carboxylic acids is 1. The minimum Gasteiger partial charge on any atom is -0.406 e. The highest BCUT2D eigenvalue weighted by molar-refractivity contribution is 6.36. The van der Waals surface area contributed by atoms with Gasteiger partial charge in [-0.2, -0.15) is 0 Å². The Morgan fingerprint density at radius 2 is 1.96 bits per heavy atom. The van der Waals surface area contributed by atoms with Gasteiger partial charge in [0.05, 0.1) is 17.3 Å². The summed E-state index contributed by atoms with van der Waals surface area (Å²) in [6.45, 7) is 1.43. The highest BCUT2D eigenvalue weighted by Crippen LogP contribution is 2.39. The fraction of sp³-hybridized carbons (Fsp3) is 0.211. The van der Waals surface area contributed by atoms with E-state index in [0.29, 0.717) is 41.3 Å². The zero-order valence-electron chi connectivity index (χ0n) is 14.6. The Kier molecular flexibility index (Phi) is 4.38. The predicted molar refractivity (Wildman–Crippen MR) is 99.2 cm³/mol. The van der Waals surface area contributed by atoms with Gasteiger partial charge in [-0.05, 0) is 30.3 Å². The summed E-state index contributed by atoms with van der Waals surface area (Å²) in [7, 11) is 0. The minimum absolute atomic E-state index is 0.0930. The summed E-state index contributed by atoms with van der Waals surface area (Å²) < 4.78 is 41.8. The Labute approximate surface area is 158 Å². The molecule has 2 aliphatic heterocycles. The van der Waals surface area contributed by atoms with Crippen molar-refractivity contribution in [3.8, 4) is 5.75 Å². The third-order valence-electron chi connectivity index (χ3n) is 4.52. The summed E-state index contributed by atoms with van der Waals surface area (Å²) in [4.78, 5) is 12.7. The number of benzene rings is 2. The average Bonchev–Trinajstić information content (AvgIpc) is 2.88. The lowest BCUT2D eigenvalue weighted by atomic mass is 9.98. The fourth-order valence-corrected chi connectivity index (χ4v) is 3.18. The van der Waals surface area contributed by atoms with Crippen LogP contribution < -0.4 is 26.4 Å². The van der Waals surface area contributed by atoms with Gasteiger partial charge in [0.25, 0.3) is 5.91 Å². The molecule has 0 unspecified atom stereocenters. The maximum Gasteiger partial charge on any atom is 0.573 e. The normalized spacial score (nSPS) is 18.2. The molecule has 0 aliphatic carbocycles. The Bertz CT molecular complexity index is 968. The van der Waals surface area contributed by atoms with Crippen LogP contribution in [-0.2, 0) is 4.79 Å². The minimum atomic E-state index is -4.82. The van der Waals surface area contributed by atoms with E-state index in [-0.39, 0.29) is 11.6 Å². The molecule has 28 heavy (non-hydrogen) atoms. The van der Waals surface area contributed by atoms with Crippen molar-refractivity contribution in [3.05, 3.63) is 53.6 Å². The van der Waals surface area contributed by atoms with Gasteiger partial charge in [-0.1, -0.05) is 12.1 Å². The van der Waals surface area contributed by atoms with E-state index in [1.165, 1.54) is 18.2 Å². The summed E-state index contributed by atoms with van der Waals surface area (Å²) in [5.74, 6) is -0.797. The van der Waals surface area contributed by atoms with Crippen molar-refractivity contribution in [1.29, 1.82) is 0 Å². The van der Waals surface area contributed by atoms with Gasteiger partial charge in [-0.15, -0.1) is 13.2 Å². The molecule has 0 aromatic heterocycles. The van der Waals surface area contributed by atoms with E-state index >= 15 is 0 Å². The number of hydrogen-bond acceptors (Lipinski definition) is 5. The third-order valence-corrected chi connectivity index (χ3v) is 4.52. The lowest BCUT2D eigenvalue weighted by molar-refractivity contribution is -0.274. The van der Waals surface area contributed by atoms with Gasteiger partial charge in [-0.3, -0.25) is 4.79 Å². The first-order valence-corrected chi connectivity index (χ1v) is 8.59. The second-order valence-electron chi connectivity index (χ2n) is 6.58. The highest BCUT2D eigenvalue weighted by atomic mass is 19.4. The number of carbonyl (C=O) groups is 1. The third kappa shape index (κ3) is 3.61. The van der Waals surface area contributed by atoms with Crippen LogP contribution in [0.1, 0.15) is 11.1 Å². The molecule has 2 aliphatic rings. The van der Waals surface area contributed by atoms with Crippen LogP contribution in [0.25, 0.3) is 11.3 Å². The van der Waals surface area contributed by atoms with Crippen molar-refractivity contribution < 1.29 is 22.7 Å². The molecular formula is C19H17F3N4O2. The van der Waals surface area contributed by atoms with Crippen LogP contribution >= 0.6 is 0 Å². The summed E-state index contributed by atoms with van der Waals surface area (Å²) in [5, 5.41) is 9.14. The predicted octanol–water partition coefficient (Wildman–Crippen LogP) is 2.55. The van der Waals surface area contributed by atoms with Crippen LogP contribution in [0, 0.1) is 0 Å². The monoisotopic (exact) mass is 390 g/mol. The number of anilines is 2. The summed E-state index contributed by atoms with van der Waals surface area (Å²) in [6.07, 6.45) is -4.82. The average molecular weight is 390 g/mol. The molecule has 9 heteroatoms. The number of rotatable bonds is 4. The van der Waals surface area contributed by atoms with Crippen LogP contribution in [-0.4, -0.2) is 31.4 Å². The molecule has 2 aromatic rings. The quantitative estimate of drug-likeness (QED) is 0.476. The number of nitrogens with two attached hydrogens (primary N) is 1. The molecule has 1 fully saturated rings. The molecule has 1 amide bonds. The Morgan fingerprint density at radius 1 is 1.18 bits per heavy atom. The second kappa shape index (κ2) is 6.75. The fourth-order valence-electron chi connectivity index (χ4n) is 3.18.